The Balaban J connectivity index is 1.89. The summed E-state index contributed by atoms with van der Waals surface area (Å²) in [5, 5.41) is 1.34. The van der Waals surface area contributed by atoms with Gasteiger partial charge in [0.25, 0.3) is 0 Å². The van der Waals surface area contributed by atoms with E-state index in [1.54, 1.807) is 0 Å². The van der Waals surface area contributed by atoms with Crippen molar-refractivity contribution in [3.8, 4) is 0 Å². The first-order valence-electron chi connectivity index (χ1n) is 6.39. The third-order valence-corrected chi connectivity index (χ3v) is 4.32. The van der Waals surface area contributed by atoms with Crippen molar-refractivity contribution in [2.24, 2.45) is 10.9 Å². The van der Waals surface area contributed by atoms with Crippen molar-refractivity contribution in [1.29, 1.82) is 0 Å². The van der Waals surface area contributed by atoms with E-state index in [0.29, 0.717) is 12.0 Å². The number of ether oxygens (including phenoxy) is 1. The standard InChI is InChI=1S/C13H21NOS/c1-2-3-4-7-12-11(6-5-9-15-12)13-14-8-10-16-13/h5,9,11-12H,2-4,6-8,10H2,1H3. The third kappa shape index (κ3) is 3.03. The molecule has 0 aromatic carbocycles. The molecule has 0 radical (unpaired) electrons. The Labute approximate surface area is 103 Å². The van der Waals surface area contributed by atoms with Gasteiger partial charge in [0.2, 0.25) is 0 Å². The third-order valence-electron chi connectivity index (χ3n) is 3.21. The summed E-state index contributed by atoms with van der Waals surface area (Å²) in [4.78, 5) is 4.60. The smallest absolute Gasteiger partial charge is 0.107 e. The molecule has 0 aliphatic carbocycles. The zero-order valence-electron chi connectivity index (χ0n) is 10.0. The van der Waals surface area contributed by atoms with E-state index in [-0.39, 0.29) is 0 Å². The van der Waals surface area contributed by atoms with Gasteiger partial charge < -0.3 is 4.74 Å². The van der Waals surface area contributed by atoms with E-state index < -0.39 is 0 Å². The van der Waals surface area contributed by atoms with Crippen LogP contribution in [0.4, 0.5) is 0 Å². The van der Waals surface area contributed by atoms with E-state index in [1.165, 1.54) is 30.7 Å². The first-order chi connectivity index (χ1) is 7.92. The van der Waals surface area contributed by atoms with Crippen molar-refractivity contribution < 1.29 is 4.74 Å². The SMILES string of the molecule is CCCCCC1OC=CCC1C1=NCCS1. The van der Waals surface area contributed by atoms with E-state index in [2.05, 4.69) is 18.0 Å². The van der Waals surface area contributed by atoms with Crippen LogP contribution in [0, 0.1) is 5.92 Å². The average Bonchev–Trinajstić information content (AvgIpc) is 2.83. The molecule has 0 fully saturated rings. The van der Waals surface area contributed by atoms with Crippen molar-refractivity contribution in [2.45, 2.75) is 45.1 Å². The number of unbranched alkanes of at least 4 members (excludes halogenated alkanes) is 2. The number of hydrogen-bond acceptors (Lipinski definition) is 3. The van der Waals surface area contributed by atoms with Crippen LogP contribution < -0.4 is 0 Å². The first kappa shape index (κ1) is 12.0. The van der Waals surface area contributed by atoms with Gasteiger partial charge in [0.1, 0.15) is 6.10 Å². The van der Waals surface area contributed by atoms with Crippen LogP contribution in [0.15, 0.2) is 17.3 Å². The molecule has 2 rings (SSSR count). The first-order valence-corrected chi connectivity index (χ1v) is 7.38. The van der Waals surface area contributed by atoms with Crippen molar-refractivity contribution in [1.82, 2.24) is 0 Å². The van der Waals surface area contributed by atoms with Crippen LogP contribution in [-0.4, -0.2) is 23.4 Å². The van der Waals surface area contributed by atoms with E-state index in [0.717, 1.165) is 18.7 Å². The van der Waals surface area contributed by atoms with Gasteiger partial charge in [-0.3, -0.25) is 4.99 Å². The molecular weight excluding hydrogens is 218 g/mol. The lowest BCUT2D eigenvalue weighted by Gasteiger charge is -2.28. The number of thioether (sulfide) groups is 1. The zero-order valence-corrected chi connectivity index (χ0v) is 10.8. The molecule has 2 atom stereocenters. The van der Waals surface area contributed by atoms with Crippen molar-refractivity contribution in [3.05, 3.63) is 12.3 Å². The minimum Gasteiger partial charge on any atom is -0.498 e. The number of nitrogens with zero attached hydrogens (tertiary/aromatic N) is 1. The molecule has 90 valence electrons. The summed E-state index contributed by atoms with van der Waals surface area (Å²) in [6.45, 7) is 3.25. The Morgan fingerprint density at radius 2 is 2.44 bits per heavy atom. The lowest BCUT2D eigenvalue weighted by Crippen LogP contribution is -2.29. The minimum atomic E-state index is 0.376. The molecule has 0 bridgehead atoms. The molecule has 2 heterocycles. The molecule has 0 aromatic rings. The normalized spacial score (nSPS) is 28.9. The topological polar surface area (TPSA) is 21.6 Å². The highest BCUT2D eigenvalue weighted by molar-refractivity contribution is 8.14. The van der Waals surface area contributed by atoms with Gasteiger partial charge in [-0.05, 0) is 25.3 Å². The molecular formula is C13H21NOS. The van der Waals surface area contributed by atoms with Crippen LogP contribution in [0.25, 0.3) is 0 Å². The Morgan fingerprint density at radius 1 is 1.50 bits per heavy atom. The van der Waals surface area contributed by atoms with Gasteiger partial charge in [0.05, 0.1) is 11.3 Å². The summed E-state index contributed by atoms with van der Waals surface area (Å²) in [5.41, 5.74) is 0. The summed E-state index contributed by atoms with van der Waals surface area (Å²) in [6.07, 6.45) is 10.6. The van der Waals surface area contributed by atoms with Crippen LogP contribution in [-0.2, 0) is 4.74 Å². The second-order valence-corrected chi connectivity index (χ2v) is 5.57. The van der Waals surface area contributed by atoms with Crippen LogP contribution in [0.1, 0.15) is 39.0 Å². The Kier molecular flexibility index (Phi) is 4.76. The fourth-order valence-electron chi connectivity index (χ4n) is 2.31. The van der Waals surface area contributed by atoms with Gasteiger partial charge in [-0.2, -0.15) is 0 Å². The number of rotatable bonds is 5. The van der Waals surface area contributed by atoms with Gasteiger partial charge in [-0.15, -0.1) is 11.8 Å². The second kappa shape index (κ2) is 6.33. The molecule has 2 nitrogen and oxygen atoms in total. The van der Waals surface area contributed by atoms with Crippen molar-refractivity contribution >= 4 is 16.8 Å². The molecule has 2 aliphatic heterocycles. The summed E-state index contributed by atoms with van der Waals surface area (Å²) in [7, 11) is 0. The summed E-state index contributed by atoms with van der Waals surface area (Å²) in [5.74, 6) is 1.70. The Hall–Kier alpha value is -0.440. The molecule has 0 spiro atoms. The highest BCUT2D eigenvalue weighted by Gasteiger charge is 2.29. The fourth-order valence-corrected chi connectivity index (χ4v) is 3.34. The van der Waals surface area contributed by atoms with Crippen molar-refractivity contribution in [2.75, 3.05) is 12.3 Å². The van der Waals surface area contributed by atoms with Gasteiger partial charge >= 0.3 is 0 Å². The second-order valence-electron chi connectivity index (χ2n) is 4.45. The number of aliphatic imine (C=N–C) groups is 1. The monoisotopic (exact) mass is 239 g/mol. The maximum Gasteiger partial charge on any atom is 0.107 e. The molecule has 0 saturated carbocycles. The van der Waals surface area contributed by atoms with E-state index in [4.69, 9.17) is 4.74 Å². The number of hydrogen-bond donors (Lipinski definition) is 0. The zero-order chi connectivity index (χ0) is 11.2. The molecule has 16 heavy (non-hydrogen) atoms. The van der Waals surface area contributed by atoms with E-state index >= 15 is 0 Å². The Bertz CT molecular complexity index is 275. The van der Waals surface area contributed by atoms with Gasteiger partial charge in [0.15, 0.2) is 0 Å². The van der Waals surface area contributed by atoms with Gasteiger partial charge in [-0.25, -0.2) is 0 Å². The summed E-state index contributed by atoms with van der Waals surface area (Å²) in [6, 6.07) is 0. The fraction of sp³-hybridized carbons (Fsp3) is 0.769. The average molecular weight is 239 g/mol. The van der Waals surface area contributed by atoms with Gasteiger partial charge in [-0.1, -0.05) is 19.8 Å². The van der Waals surface area contributed by atoms with E-state index in [1.807, 2.05) is 18.0 Å². The molecule has 0 N–H and O–H groups in total. The molecule has 2 aliphatic rings. The maximum atomic E-state index is 5.77. The van der Waals surface area contributed by atoms with Crippen LogP contribution in [0.3, 0.4) is 0 Å². The predicted octanol–water partition coefficient (Wildman–Crippen LogP) is 3.63. The highest BCUT2D eigenvalue weighted by atomic mass is 32.2. The Morgan fingerprint density at radius 3 is 3.19 bits per heavy atom. The molecule has 3 heteroatoms. The number of allylic oxidation sites excluding steroid dienone is 1. The van der Waals surface area contributed by atoms with Gasteiger partial charge in [0, 0.05) is 18.2 Å². The van der Waals surface area contributed by atoms with Crippen LogP contribution in [0.2, 0.25) is 0 Å². The quantitative estimate of drug-likeness (QED) is 0.683. The summed E-state index contributed by atoms with van der Waals surface area (Å²) >= 11 is 1.93. The molecule has 0 aromatic heterocycles. The summed E-state index contributed by atoms with van der Waals surface area (Å²) < 4.78 is 5.77. The van der Waals surface area contributed by atoms with E-state index in [9.17, 15) is 0 Å². The highest BCUT2D eigenvalue weighted by Crippen LogP contribution is 2.31. The lowest BCUT2D eigenvalue weighted by molar-refractivity contribution is 0.0899. The molecule has 2 unspecified atom stereocenters. The lowest BCUT2D eigenvalue weighted by atomic mass is 9.93. The molecule has 0 amide bonds. The van der Waals surface area contributed by atoms with Crippen LogP contribution >= 0.6 is 11.8 Å². The maximum absolute atomic E-state index is 5.77. The molecule has 0 saturated heterocycles. The predicted molar refractivity (Wildman–Crippen MR) is 71.0 cm³/mol. The minimum absolute atomic E-state index is 0.376. The largest absolute Gasteiger partial charge is 0.498 e. The van der Waals surface area contributed by atoms with Crippen LogP contribution in [0.5, 0.6) is 0 Å². The van der Waals surface area contributed by atoms with Crippen molar-refractivity contribution in [3.63, 3.8) is 0 Å².